The Morgan fingerprint density at radius 3 is 2.81 bits per heavy atom. The van der Waals surface area contributed by atoms with Gasteiger partial charge < -0.3 is 4.74 Å². The van der Waals surface area contributed by atoms with E-state index in [9.17, 15) is 14.9 Å². The maximum Gasteiger partial charge on any atom is 0.411 e. The number of hydrogen-bond acceptors (Lipinski definition) is 4. The topological polar surface area (TPSA) is 81.5 Å². The first-order chi connectivity index (χ1) is 7.56. The zero-order valence-electron chi connectivity index (χ0n) is 9.02. The average molecular weight is 224 g/mol. The molecule has 86 valence electrons. The first kappa shape index (κ1) is 12.0. The van der Waals surface area contributed by atoms with E-state index in [0.717, 1.165) is 0 Å². The summed E-state index contributed by atoms with van der Waals surface area (Å²) in [6.45, 7) is 3.50. The second-order valence-corrected chi connectivity index (χ2v) is 3.05. The Kier molecular flexibility index (Phi) is 3.82. The van der Waals surface area contributed by atoms with Gasteiger partial charge in [0.15, 0.2) is 0 Å². The van der Waals surface area contributed by atoms with Crippen LogP contribution in [-0.2, 0) is 4.74 Å². The van der Waals surface area contributed by atoms with Gasteiger partial charge in [0.2, 0.25) is 0 Å². The van der Waals surface area contributed by atoms with Crippen LogP contribution in [0.2, 0.25) is 0 Å². The highest BCUT2D eigenvalue weighted by Crippen LogP contribution is 2.24. The number of rotatable bonds is 3. The second-order valence-electron chi connectivity index (χ2n) is 3.05. The highest BCUT2D eigenvalue weighted by atomic mass is 16.6. The number of nitro groups is 1. The van der Waals surface area contributed by atoms with Gasteiger partial charge in [0.1, 0.15) is 0 Å². The third-order valence-electron chi connectivity index (χ3n) is 2.01. The van der Waals surface area contributed by atoms with Crippen LogP contribution in [0.1, 0.15) is 12.5 Å². The summed E-state index contributed by atoms with van der Waals surface area (Å²) in [5.41, 5.74) is 0.752. The molecule has 6 nitrogen and oxygen atoms in total. The molecule has 0 heterocycles. The fourth-order valence-corrected chi connectivity index (χ4v) is 1.23. The molecule has 0 aliphatic carbocycles. The molecule has 0 aliphatic heterocycles. The fraction of sp³-hybridized carbons (Fsp3) is 0.300. The van der Waals surface area contributed by atoms with Crippen LogP contribution in [0.25, 0.3) is 0 Å². The number of benzene rings is 1. The molecule has 0 aliphatic rings. The highest BCUT2D eigenvalue weighted by molar-refractivity contribution is 5.86. The number of nitrogens with one attached hydrogen (secondary N) is 1. The lowest BCUT2D eigenvalue weighted by atomic mass is 10.1. The molecule has 1 rings (SSSR count). The lowest BCUT2D eigenvalue weighted by Gasteiger charge is -2.07. The van der Waals surface area contributed by atoms with Crippen molar-refractivity contribution in [3.63, 3.8) is 0 Å². The van der Waals surface area contributed by atoms with Crippen molar-refractivity contribution in [1.29, 1.82) is 0 Å². The molecular formula is C10H12N2O4. The standard InChI is InChI=1S/C10H12N2O4/c1-3-16-10(13)11-8-5-4-6-9(7(8)2)12(14)15/h4-6H,3H2,1-2H3,(H,11,13). The molecule has 1 aromatic carbocycles. The van der Waals surface area contributed by atoms with E-state index in [1.807, 2.05) is 0 Å². The van der Waals surface area contributed by atoms with Crippen molar-refractivity contribution in [2.45, 2.75) is 13.8 Å². The molecule has 0 radical (unpaired) electrons. The van der Waals surface area contributed by atoms with Crippen molar-refractivity contribution in [2.24, 2.45) is 0 Å². The van der Waals surface area contributed by atoms with Crippen molar-refractivity contribution >= 4 is 17.5 Å². The first-order valence-electron chi connectivity index (χ1n) is 4.74. The van der Waals surface area contributed by atoms with Crippen molar-refractivity contribution in [1.82, 2.24) is 0 Å². The van der Waals surface area contributed by atoms with Crippen molar-refractivity contribution in [3.05, 3.63) is 33.9 Å². The van der Waals surface area contributed by atoms with E-state index in [1.165, 1.54) is 12.1 Å². The van der Waals surface area contributed by atoms with Crippen LogP contribution in [0.15, 0.2) is 18.2 Å². The summed E-state index contributed by atoms with van der Waals surface area (Å²) in [5.74, 6) is 0. The number of amides is 1. The smallest absolute Gasteiger partial charge is 0.411 e. The summed E-state index contributed by atoms with van der Waals surface area (Å²) >= 11 is 0. The number of hydrogen-bond donors (Lipinski definition) is 1. The van der Waals surface area contributed by atoms with Gasteiger partial charge >= 0.3 is 6.09 Å². The predicted octanol–water partition coefficient (Wildman–Crippen LogP) is 2.47. The lowest BCUT2D eigenvalue weighted by molar-refractivity contribution is -0.385. The Hall–Kier alpha value is -2.11. The molecule has 16 heavy (non-hydrogen) atoms. The van der Waals surface area contributed by atoms with E-state index in [0.29, 0.717) is 11.3 Å². The summed E-state index contributed by atoms with van der Waals surface area (Å²) in [6.07, 6.45) is -0.619. The van der Waals surface area contributed by atoms with E-state index < -0.39 is 11.0 Å². The Balaban J connectivity index is 2.93. The number of nitrogens with zero attached hydrogens (tertiary/aromatic N) is 1. The van der Waals surface area contributed by atoms with Gasteiger partial charge in [0.25, 0.3) is 5.69 Å². The van der Waals surface area contributed by atoms with Gasteiger partial charge in [-0.2, -0.15) is 0 Å². The van der Waals surface area contributed by atoms with E-state index in [1.54, 1.807) is 19.9 Å². The first-order valence-corrected chi connectivity index (χ1v) is 4.74. The van der Waals surface area contributed by atoms with Crippen LogP contribution in [0.3, 0.4) is 0 Å². The third kappa shape index (κ3) is 2.69. The molecule has 0 spiro atoms. The summed E-state index contributed by atoms with van der Waals surface area (Å²) in [6, 6.07) is 4.47. The maximum atomic E-state index is 11.1. The van der Waals surface area contributed by atoms with Gasteiger partial charge in [-0.3, -0.25) is 15.4 Å². The highest BCUT2D eigenvalue weighted by Gasteiger charge is 2.14. The molecule has 0 aromatic heterocycles. The molecule has 1 aromatic rings. The van der Waals surface area contributed by atoms with Gasteiger partial charge in [-0.15, -0.1) is 0 Å². The minimum atomic E-state index is -0.619. The number of carbonyl (C=O) groups is 1. The van der Waals surface area contributed by atoms with Gasteiger partial charge in [0.05, 0.1) is 22.8 Å². The zero-order chi connectivity index (χ0) is 12.1. The number of carbonyl (C=O) groups excluding carboxylic acids is 1. The molecule has 0 unspecified atom stereocenters. The molecule has 0 atom stereocenters. The normalized spacial score (nSPS) is 9.62. The van der Waals surface area contributed by atoms with Crippen LogP contribution in [0.4, 0.5) is 16.2 Å². The minimum Gasteiger partial charge on any atom is -0.450 e. The van der Waals surface area contributed by atoms with Crippen LogP contribution >= 0.6 is 0 Å². The van der Waals surface area contributed by atoms with Gasteiger partial charge in [-0.05, 0) is 19.9 Å². The molecule has 0 saturated heterocycles. The average Bonchev–Trinajstić information content (AvgIpc) is 2.21. The predicted molar refractivity (Wildman–Crippen MR) is 58.5 cm³/mol. The van der Waals surface area contributed by atoms with Gasteiger partial charge in [0, 0.05) is 6.07 Å². The SMILES string of the molecule is CCOC(=O)Nc1cccc([N+](=O)[O-])c1C. The number of ether oxygens (including phenoxy) is 1. The zero-order valence-corrected chi connectivity index (χ0v) is 9.02. The molecule has 0 fully saturated rings. The van der Waals surface area contributed by atoms with Crippen LogP contribution in [-0.4, -0.2) is 17.6 Å². The Labute approximate surface area is 92.4 Å². The van der Waals surface area contributed by atoms with Crippen molar-refractivity contribution < 1.29 is 14.5 Å². The second kappa shape index (κ2) is 5.11. The van der Waals surface area contributed by atoms with Crippen LogP contribution < -0.4 is 5.32 Å². The molecule has 1 N–H and O–H groups in total. The van der Waals surface area contributed by atoms with Crippen LogP contribution in [0.5, 0.6) is 0 Å². The Morgan fingerprint density at radius 1 is 1.56 bits per heavy atom. The van der Waals surface area contributed by atoms with E-state index >= 15 is 0 Å². The molecular weight excluding hydrogens is 212 g/mol. The van der Waals surface area contributed by atoms with E-state index in [-0.39, 0.29) is 12.3 Å². The largest absolute Gasteiger partial charge is 0.450 e. The van der Waals surface area contributed by atoms with Gasteiger partial charge in [-0.25, -0.2) is 4.79 Å². The number of anilines is 1. The summed E-state index contributed by atoms with van der Waals surface area (Å²) in [7, 11) is 0. The Bertz CT molecular complexity index is 417. The Morgan fingerprint density at radius 2 is 2.25 bits per heavy atom. The van der Waals surface area contributed by atoms with Crippen molar-refractivity contribution in [2.75, 3.05) is 11.9 Å². The molecule has 0 bridgehead atoms. The van der Waals surface area contributed by atoms with E-state index in [4.69, 9.17) is 0 Å². The molecule has 0 saturated carbocycles. The summed E-state index contributed by atoms with van der Waals surface area (Å²) in [4.78, 5) is 21.3. The van der Waals surface area contributed by atoms with E-state index in [2.05, 4.69) is 10.1 Å². The minimum absolute atomic E-state index is 0.0331. The molecule has 1 amide bonds. The van der Waals surface area contributed by atoms with Gasteiger partial charge in [-0.1, -0.05) is 6.07 Å². The maximum absolute atomic E-state index is 11.1. The third-order valence-corrected chi connectivity index (χ3v) is 2.01. The summed E-state index contributed by atoms with van der Waals surface area (Å²) < 4.78 is 4.68. The fourth-order valence-electron chi connectivity index (χ4n) is 1.23. The summed E-state index contributed by atoms with van der Waals surface area (Å²) in [5, 5.41) is 13.1. The lowest BCUT2D eigenvalue weighted by Crippen LogP contribution is -2.14. The molecule has 6 heteroatoms. The monoisotopic (exact) mass is 224 g/mol. The van der Waals surface area contributed by atoms with Crippen molar-refractivity contribution in [3.8, 4) is 0 Å². The number of nitro benzene ring substituents is 1. The quantitative estimate of drug-likeness (QED) is 0.631. The van der Waals surface area contributed by atoms with Crippen LogP contribution in [0, 0.1) is 17.0 Å².